The second kappa shape index (κ2) is 8.73. The van der Waals surface area contributed by atoms with Crippen molar-refractivity contribution in [2.24, 2.45) is 11.1 Å². The first-order valence-electron chi connectivity index (χ1n) is 6.61. The molecule has 0 aromatic carbocycles. The molecular weight excluding hydrogens is 252 g/mol. The van der Waals surface area contributed by atoms with E-state index in [0.29, 0.717) is 19.5 Å². The van der Waals surface area contributed by atoms with E-state index in [1.807, 2.05) is 6.92 Å². The molecule has 1 atom stereocenters. The molecule has 0 heterocycles. The predicted molar refractivity (Wildman–Crippen MR) is 75.9 cm³/mol. The maximum absolute atomic E-state index is 11.9. The maximum Gasteiger partial charge on any atom is 0.220 e. The molecule has 1 rings (SSSR count). The Hall–Kier alpha value is -0.320. The van der Waals surface area contributed by atoms with Crippen molar-refractivity contribution in [1.82, 2.24) is 5.32 Å². The minimum atomic E-state index is 0. The number of hydrogen-bond donors (Lipinski definition) is 2. The van der Waals surface area contributed by atoms with Crippen LogP contribution < -0.4 is 11.1 Å². The van der Waals surface area contributed by atoms with Gasteiger partial charge in [0, 0.05) is 20.1 Å². The summed E-state index contributed by atoms with van der Waals surface area (Å²) in [6.45, 7) is 3.15. The molecule has 5 heteroatoms. The van der Waals surface area contributed by atoms with Crippen LogP contribution in [0.15, 0.2) is 0 Å². The van der Waals surface area contributed by atoms with E-state index in [4.69, 9.17) is 10.5 Å². The maximum atomic E-state index is 11.9. The van der Waals surface area contributed by atoms with Gasteiger partial charge in [-0.25, -0.2) is 0 Å². The highest BCUT2D eigenvalue weighted by atomic mass is 35.5. The summed E-state index contributed by atoms with van der Waals surface area (Å²) in [4.78, 5) is 11.9. The topological polar surface area (TPSA) is 64.3 Å². The molecule has 0 spiro atoms. The molecule has 1 saturated carbocycles. The average Bonchev–Trinajstić information content (AvgIpc) is 2.37. The first-order valence-corrected chi connectivity index (χ1v) is 6.61. The van der Waals surface area contributed by atoms with E-state index < -0.39 is 0 Å². The Morgan fingerprint density at radius 2 is 2.00 bits per heavy atom. The van der Waals surface area contributed by atoms with Crippen LogP contribution in [0.5, 0.6) is 0 Å². The van der Waals surface area contributed by atoms with Gasteiger partial charge in [0.05, 0.1) is 6.10 Å². The first-order chi connectivity index (χ1) is 8.12. The van der Waals surface area contributed by atoms with Gasteiger partial charge >= 0.3 is 0 Å². The Labute approximate surface area is 116 Å². The van der Waals surface area contributed by atoms with Gasteiger partial charge in [0.2, 0.25) is 5.91 Å². The molecule has 0 saturated heterocycles. The molecule has 0 aliphatic heterocycles. The molecule has 0 bridgehead atoms. The van der Waals surface area contributed by atoms with Crippen LogP contribution in [0.25, 0.3) is 0 Å². The van der Waals surface area contributed by atoms with Gasteiger partial charge in [0.25, 0.3) is 0 Å². The summed E-state index contributed by atoms with van der Waals surface area (Å²) in [7, 11) is 1.65. The molecule has 0 aromatic rings. The number of methoxy groups -OCH3 is 1. The lowest BCUT2D eigenvalue weighted by atomic mass is 9.71. The lowest BCUT2D eigenvalue weighted by Gasteiger charge is -2.35. The number of amides is 1. The molecule has 18 heavy (non-hydrogen) atoms. The Morgan fingerprint density at radius 3 is 2.50 bits per heavy atom. The molecule has 1 unspecified atom stereocenters. The highest BCUT2D eigenvalue weighted by Gasteiger charge is 2.32. The lowest BCUT2D eigenvalue weighted by Crippen LogP contribution is -2.40. The van der Waals surface area contributed by atoms with Crippen LogP contribution in [0.3, 0.4) is 0 Å². The van der Waals surface area contributed by atoms with Gasteiger partial charge in [-0.05, 0) is 31.7 Å². The number of carbonyl (C=O) groups excluding carboxylic acids is 1. The Bertz CT molecular complexity index is 243. The van der Waals surface area contributed by atoms with Crippen molar-refractivity contribution in [3.8, 4) is 0 Å². The monoisotopic (exact) mass is 278 g/mol. The number of halogens is 1. The van der Waals surface area contributed by atoms with Crippen LogP contribution in [0.4, 0.5) is 0 Å². The third kappa shape index (κ3) is 5.55. The first kappa shape index (κ1) is 17.7. The number of rotatable bonds is 6. The van der Waals surface area contributed by atoms with E-state index in [2.05, 4.69) is 5.32 Å². The van der Waals surface area contributed by atoms with Crippen LogP contribution in [-0.2, 0) is 9.53 Å². The standard InChI is InChI=1S/C13H26N2O2.ClH/c1-11(17-2)9-15-12(16)8-13(10-14)6-4-3-5-7-13;/h11H,3-10,14H2,1-2H3,(H,15,16);1H. The van der Waals surface area contributed by atoms with Gasteiger partial charge in [-0.3, -0.25) is 4.79 Å². The summed E-state index contributed by atoms with van der Waals surface area (Å²) in [5.74, 6) is 0.112. The van der Waals surface area contributed by atoms with E-state index in [9.17, 15) is 4.79 Å². The van der Waals surface area contributed by atoms with Crippen LogP contribution in [0.1, 0.15) is 45.4 Å². The SMILES string of the molecule is COC(C)CNC(=O)CC1(CN)CCCCC1.Cl. The van der Waals surface area contributed by atoms with Crippen molar-refractivity contribution in [3.63, 3.8) is 0 Å². The second-order valence-electron chi connectivity index (χ2n) is 5.29. The fourth-order valence-electron chi connectivity index (χ4n) is 2.50. The Balaban J connectivity index is 0.00000289. The summed E-state index contributed by atoms with van der Waals surface area (Å²) < 4.78 is 5.10. The van der Waals surface area contributed by atoms with Crippen molar-refractivity contribution in [2.75, 3.05) is 20.2 Å². The predicted octanol–water partition coefficient (Wildman–Crippen LogP) is 1.86. The van der Waals surface area contributed by atoms with E-state index in [1.165, 1.54) is 19.3 Å². The van der Waals surface area contributed by atoms with Gasteiger partial charge in [-0.1, -0.05) is 19.3 Å². The lowest BCUT2D eigenvalue weighted by molar-refractivity contribution is -0.124. The fraction of sp³-hybridized carbons (Fsp3) is 0.923. The second-order valence-corrected chi connectivity index (χ2v) is 5.29. The number of carbonyl (C=O) groups is 1. The summed E-state index contributed by atoms with van der Waals surface area (Å²) in [5, 5.41) is 2.92. The molecule has 1 aliphatic rings. The zero-order valence-corrected chi connectivity index (χ0v) is 12.4. The quantitative estimate of drug-likeness (QED) is 0.779. The summed E-state index contributed by atoms with van der Waals surface area (Å²) in [5.41, 5.74) is 5.92. The fourth-order valence-corrected chi connectivity index (χ4v) is 2.50. The number of nitrogens with two attached hydrogens (primary N) is 1. The molecule has 108 valence electrons. The van der Waals surface area contributed by atoms with E-state index in [1.54, 1.807) is 7.11 Å². The minimum Gasteiger partial charge on any atom is -0.380 e. The molecule has 3 N–H and O–H groups in total. The zero-order valence-electron chi connectivity index (χ0n) is 11.5. The van der Waals surface area contributed by atoms with Gasteiger partial charge in [0.1, 0.15) is 0 Å². The highest BCUT2D eigenvalue weighted by Crippen LogP contribution is 2.38. The van der Waals surface area contributed by atoms with Crippen molar-refractivity contribution < 1.29 is 9.53 Å². The smallest absolute Gasteiger partial charge is 0.220 e. The molecule has 0 radical (unpaired) electrons. The Kier molecular flexibility index (Phi) is 8.57. The van der Waals surface area contributed by atoms with Gasteiger partial charge < -0.3 is 15.8 Å². The minimum absolute atomic E-state index is 0. The van der Waals surface area contributed by atoms with E-state index in [0.717, 1.165) is 12.8 Å². The van der Waals surface area contributed by atoms with Gasteiger partial charge in [-0.2, -0.15) is 0 Å². The highest BCUT2D eigenvalue weighted by molar-refractivity contribution is 5.85. The number of ether oxygens (including phenoxy) is 1. The summed E-state index contributed by atoms with van der Waals surface area (Å²) in [6.07, 6.45) is 6.52. The summed E-state index contributed by atoms with van der Waals surface area (Å²) >= 11 is 0. The molecule has 1 fully saturated rings. The zero-order chi connectivity index (χ0) is 12.7. The molecule has 4 nitrogen and oxygen atoms in total. The number of nitrogens with one attached hydrogen (secondary N) is 1. The summed E-state index contributed by atoms with van der Waals surface area (Å²) in [6, 6.07) is 0. The normalized spacial score (nSPS) is 19.7. The van der Waals surface area contributed by atoms with Crippen LogP contribution in [0, 0.1) is 5.41 Å². The number of hydrogen-bond acceptors (Lipinski definition) is 3. The van der Waals surface area contributed by atoms with Crippen LogP contribution in [0.2, 0.25) is 0 Å². The van der Waals surface area contributed by atoms with E-state index >= 15 is 0 Å². The van der Waals surface area contributed by atoms with Crippen molar-refractivity contribution in [3.05, 3.63) is 0 Å². The van der Waals surface area contributed by atoms with Crippen molar-refractivity contribution >= 4 is 18.3 Å². The van der Waals surface area contributed by atoms with E-state index in [-0.39, 0.29) is 29.8 Å². The average molecular weight is 279 g/mol. The van der Waals surface area contributed by atoms with Crippen molar-refractivity contribution in [2.45, 2.75) is 51.6 Å². The molecule has 0 aromatic heterocycles. The molecule has 1 aliphatic carbocycles. The van der Waals surface area contributed by atoms with Gasteiger partial charge in [0.15, 0.2) is 0 Å². The van der Waals surface area contributed by atoms with Crippen LogP contribution >= 0.6 is 12.4 Å². The molecule has 1 amide bonds. The van der Waals surface area contributed by atoms with Crippen molar-refractivity contribution in [1.29, 1.82) is 0 Å². The third-order valence-corrected chi connectivity index (χ3v) is 3.87. The Morgan fingerprint density at radius 1 is 1.39 bits per heavy atom. The van der Waals surface area contributed by atoms with Gasteiger partial charge in [-0.15, -0.1) is 12.4 Å². The molecular formula is C13H27ClN2O2. The van der Waals surface area contributed by atoms with Crippen LogP contribution in [-0.4, -0.2) is 32.2 Å². The largest absolute Gasteiger partial charge is 0.380 e. The third-order valence-electron chi connectivity index (χ3n) is 3.87.